The molecule has 82 valence electrons. The zero-order valence-electron chi connectivity index (χ0n) is 9.31. The molecule has 0 N–H and O–H groups in total. The van der Waals surface area contributed by atoms with Gasteiger partial charge in [-0.25, -0.2) is 0 Å². The maximum absolute atomic E-state index is 10.9. The molecule has 0 aliphatic carbocycles. The number of para-hydroxylation sites is 1. The maximum atomic E-state index is 10.9. The molecule has 16 heavy (non-hydrogen) atoms. The van der Waals surface area contributed by atoms with Crippen LogP contribution in [0.1, 0.15) is 25.5 Å². The van der Waals surface area contributed by atoms with Gasteiger partial charge in [-0.15, -0.1) is 0 Å². The molecule has 0 saturated carbocycles. The molecule has 2 aromatic rings. The molecule has 0 bridgehead atoms. The Hall–Kier alpha value is -1.90. The lowest BCUT2D eigenvalue weighted by molar-refractivity contribution is -0.145. The molecule has 0 aliphatic heterocycles. The molecule has 1 atom stereocenters. The van der Waals surface area contributed by atoms with Crippen LogP contribution < -0.4 is 0 Å². The number of benzene rings is 1. The molecular weight excluding hydrogens is 202 g/mol. The van der Waals surface area contributed by atoms with E-state index in [9.17, 15) is 4.79 Å². The molecule has 0 spiro atoms. The fourth-order valence-electron chi connectivity index (χ4n) is 1.78. The highest BCUT2D eigenvalue weighted by atomic mass is 16.5. The molecule has 0 aliphatic rings. The second-order valence-electron chi connectivity index (χ2n) is 3.67. The van der Waals surface area contributed by atoms with Crippen molar-refractivity contribution in [2.75, 3.05) is 0 Å². The van der Waals surface area contributed by atoms with Gasteiger partial charge in [-0.1, -0.05) is 18.2 Å². The average molecular weight is 215 g/mol. The summed E-state index contributed by atoms with van der Waals surface area (Å²) >= 11 is 0. The summed E-state index contributed by atoms with van der Waals surface area (Å²) in [5, 5.41) is 1.03. The molecule has 0 amide bonds. The Bertz CT molecular complexity index is 517. The molecule has 0 saturated heterocycles. The first kappa shape index (κ1) is 10.6. The van der Waals surface area contributed by atoms with Gasteiger partial charge in [0.15, 0.2) is 0 Å². The van der Waals surface area contributed by atoms with Gasteiger partial charge in [0.1, 0.15) is 6.10 Å². The van der Waals surface area contributed by atoms with E-state index in [1.165, 1.54) is 6.92 Å². The number of carbonyl (C=O) groups is 1. The van der Waals surface area contributed by atoms with Crippen LogP contribution in [0, 0.1) is 0 Å². The van der Waals surface area contributed by atoms with Gasteiger partial charge in [0.05, 0.1) is 5.52 Å². The van der Waals surface area contributed by atoms with E-state index in [-0.39, 0.29) is 12.1 Å². The number of nitrogens with zero attached hydrogens (tertiary/aromatic N) is 1. The number of hydrogen-bond acceptors (Lipinski definition) is 3. The Kier molecular flexibility index (Phi) is 2.86. The Morgan fingerprint density at radius 3 is 2.81 bits per heavy atom. The van der Waals surface area contributed by atoms with Gasteiger partial charge in [0, 0.05) is 24.1 Å². The normalized spacial score (nSPS) is 12.4. The van der Waals surface area contributed by atoms with Crippen LogP contribution in [0.5, 0.6) is 0 Å². The van der Waals surface area contributed by atoms with E-state index in [0.29, 0.717) is 0 Å². The third-order valence-electron chi connectivity index (χ3n) is 2.46. The molecule has 1 aromatic carbocycles. The minimum atomic E-state index is -0.270. The third kappa shape index (κ3) is 2.03. The summed E-state index contributed by atoms with van der Waals surface area (Å²) < 4.78 is 5.18. The summed E-state index contributed by atoms with van der Waals surface area (Å²) in [5.41, 5.74) is 1.90. The van der Waals surface area contributed by atoms with Crippen LogP contribution in [0.15, 0.2) is 36.5 Å². The van der Waals surface area contributed by atoms with Gasteiger partial charge in [-0.2, -0.15) is 0 Å². The van der Waals surface area contributed by atoms with E-state index in [2.05, 4.69) is 4.98 Å². The fourth-order valence-corrected chi connectivity index (χ4v) is 1.78. The first-order valence-electron chi connectivity index (χ1n) is 5.19. The van der Waals surface area contributed by atoms with Crippen molar-refractivity contribution in [2.24, 2.45) is 0 Å². The Balaban J connectivity index is 2.47. The standard InChI is InChI=1S/C13H13NO2/c1-9(16-10(2)15)11-7-8-14-13-6-4-3-5-12(11)13/h3-9H,1-2H3/t9-/m1/s1. The molecule has 0 unspecified atom stereocenters. The van der Waals surface area contributed by atoms with Crippen LogP contribution in [-0.2, 0) is 9.53 Å². The summed E-state index contributed by atoms with van der Waals surface area (Å²) in [6.45, 7) is 3.28. The van der Waals surface area contributed by atoms with Crippen molar-refractivity contribution in [1.82, 2.24) is 4.98 Å². The highest BCUT2D eigenvalue weighted by molar-refractivity contribution is 5.82. The van der Waals surface area contributed by atoms with Gasteiger partial charge >= 0.3 is 5.97 Å². The summed E-state index contributed by atoms with van der Waals surface area (Å²) in [5.74, 6) is -0.270. The minimum Gasteiger partial charge on any atom is -0.458 e. The van der Waals surface area contributed by atoms with E-state index >= 15 is 0 Å². The molecule has 0 radical (unpaired) electrons. The lowest BCUT2D eigenvalue weighted by atomic mass is 10.1. The first-order chi connectivity index (χ1) is 7.68. The monoisotopic (exact) mass is 215 g/mol. The number of hydrogen-bond donors (Lipinski definition) is 0. The van der Waals surface area contributed by atoms with E-state index in [1.807, 2.05) is 37.3 Å². The van der Waals surface area contributed by atoms with Crippen LogP contribution in [0.2, 0.25) is 0 Å². The Labute approximate surface area is 94.1 Å². The highest BCUT2D eigenvalue weighted by Gasteiger charge is 2.11. The molecule has 1 aromatic heterocycles. The number of rotatable bonds is 2. The van der Waals surface area contributed by atoms with Crippen molar-refractivity contribution >= 4 is 16.9 Å². The predicted molar refractivity (Wildman–Crippen MR) is 61.9 cm³/mol. The second-order valence-corrected chi connectivity index (χ2v) is 3.67. The second kappa shape index (κ2) is 4.31. The lowest BCUT2D eigenvalue weighted by Crippen LogP contribution is -2.05. The zero-order chi connectivity index (χ0) is 11.5. The fraction of sp³-hybridized carbons (Fsp3) is 0.231. The van der Waals surface area contributed by atoms with Gasteiger partial charge in [-0.05, 0) is 19.1 Å². The first-order valence-corrected chi connectivity index (χ1v) is 5.19. The summed E-state index contributed by atoms with van der Waals surface area (Å²) in [4.78, 5) is 15.2. The minimum absolute atomic E-state index is 0.245. The predicted octanol–water partition coefficient (Wildman–Crippen LogP) is 2.86. The van der Waals surface area contributed by atoms with Gasteiger partial charge in [0.25, 0.3) is 0 Å². The molecule has 1 heterocycles. The smallest absolute Gasteiger partial charge is 0.303 e. The van der Waals surface area contributed by atoms with E-state index < -0.39 is 0 Å². The highest BCUT2D eigenvalue weighted by Crippen LogP contribution is 2.24. The van der Waals surface area contributed by atoms with Crippen molar-refractivity contribution in [2.45, 2.75) is 20.0 Å². The SMILES string of the molecule is CC(=O)O[C@H](C)c1ccnc2ccccc12. The summed E-state index contributed by atoms with van der Waals surface area (Å²) in [6.07, 6.45) is 1.49. The molecular formula is C13H13NO2. The lowest BCUT2D eigenvalue weighted by Gasteiger charge is -2.14. The number of aromatic nitrogens is 1. The number of fused-ring (bicyclic) bond motifs is 1. The van der Waals surface area contributed by atoms with Crippen molar-refractivity contribution in [3.8, 4) is 0 Å². The zero-order valence-corrected chi connectivity index (χ0v) is 9.31. The number of ether oxygens (including phenoxy) is 1. The quantitative estimate of drug-likeness (QED) is 0.723. The molecule has 3 heteroatoms. The molecule has 0 fully saturated rings. The number of esters is 1. The Morgan fingerprint density at radius 1 is 1.31 bits per heavy atom. The van der Waals surface area contributed by atoms with Crippen molar-refractivity contribution < 1.29 is 9.53 Å². The third-order valence-corrected chi connectivity index (χ3v) is 2.46. The Morgan fingerprint density at radius 2 is 2.06 bits per heavy atom. The molecule has 2 rings (SSSR count). The van der Waals surface area contributed by atoms with Crippen LogP contribution >= 0.6 is 0 Å². The average Bonchev–Trinajstić information content (AvgIpc) is 2.27. The molecule has 3 nitrogen and oxygen atoms in total. The van der Waals surface area contributed by atoms with Crippen molar-refractivity contribution in [3.63, 3.8) is 0 Å². The number of pyridine rings is 1. The van der Waals surface area contributed by atoms with Crippen LogP contribution in [0.4, 0.5) is 0 Å². The van der Waals surface area contributed by atoms with Crippen LogP contribution in [0.3, 0.4) is 0 Å². The van der Waals surface area contributed by atoms with Crippen LogP contribution in [0.25, 0.3) is 10.9 Å². The summed E-state index contributed by atoms with van der Waals surface area (Å²) in [6, 6.07) is 9.70. The van der Waals surface area contributed by atoms with E-state index in [1.54, 1.807) is 6.20 Å². The van der Waals surface area contributed by atoms with E-state index in [0.717, 1.165) is 16.5 Å². The van der Waals surface area contributed by atoms with Gasteiger partial charge in [-0.3, -0.25) is 9.78 Å². The van der Waals surface area contributed by atoms with Crippen molar-refractivity contribution in [1.29, 1.82) is 0 Å². The van der Waals surface area contributed by atoms with E-state index in [4.69, 9.17) is 4.74 Å². The van der Waals surface area contributed by atoms with Crippen molar-refractivity contribution in [3.05, 3.63) is 42.1 Å². The maximum Gasteiger partial charge on any atom is 0.303 e. The topological polar surface area (TPSA) is 39.2 Å². The van der Waals surface area contributed by atoms with Gasteiger partial charge < -0.3 is 4.74 Å². The summed E-state index contributed by atoms with van der Waals surface area (Å²) in [7, 11) is 0. The largest absolute Gasteiger partial charge is 0.458 e. The number of carbonyl (C=O) groups excluding carboxylic acids is 1. The van der Waals surface area contributed by atoms with Crippen LogP contribution in [-0.4, -0.2) is 11.0 Å². The van der Waals surface area contributed by atoms with Gasteiger partial charge in [0.2, 0.25) is 0 Å².